The van der Waals surface area contributed by atoms with E-state index in [2.05, 4.69) is 4.90 Å². The van der Waals surface area contributed by atoms with Crippen molar-refractivity contribution in [2.24, 2.45) is 5.41 Å². The first-order valence-electron chi connectivity index (χ1n) is 12.3. The molecular weight excluding hydrogens is 452 g/mol. The predicted molar refractivity (Wildman–Crippen MR) is 122 cm³/mol. The average molecular weight is 483 g/mol. The SMILES string of the molecule is CC1=C(N2CC[C@@]3(C[C@H]4COC[C@@H](C3)N4C[C@H](O)c3ccc4c(c3C)COC4=O)C2=O)COC1=O. The number of amides is 1. The molecule has 3 saturated heterocycles. The molecule has 5 heterocycles. The molecule has 2 bridgehead atoms. The molecule has 5 aliphatic rings. The van der Waals surface area contributed by atoms with E-state index in [0.29, 0.717) is 56.0 Å². The van der Waals surface area contributed by atoms with Crippen LogP contribution in [0.3, 0.4) is 0 Å². The lowest BCUT2D eigenvalue weighted by Gasteiger charge is -2.52. The van der Waals surface area contributed by atoms with Crippen molar-refractivity contribution >= 4 is 17.8 Å². The number of hydrogen-bond acceptors (Lipinski definition) is 8. The van der Waals surface area contributed by atoms with Crippen LogP contribution in [0.5, 0.6) is 0 Å². The van der Waals surface area contributed by atoms with Crippen LogP contribution in [0.4, 0.5) is 0 Å². The number of hydrogen-bond donors (Lipinski definition) is 1. The van der Waals surface area contributed by atoms with Gasteiger partial charge in [0.05, 0.1) is 41.6 Å². The fraction of sp³-hybridized carbons (Fsp3) is 0.577. The summed E-state index contributed by atoms with van der Waals surface area (Å²) in [6, 6.07) is 3.61. The van der Waals surface area contributed by atoms with E-state index in [1.807, 2.05) is 13.0 Å². The Morgan fingerprint density at radius 1 is 1.06 bits per heavy atom. The number of likely N-dealkylation sites (tertiary alicyclic amines) is 1. The highest BCUT2D eigenvalue weighted by Crippen LogP contribution is 2.49. The number of carbonyl (C=O) groups is 3. The highest BCUT2D eigenvalue weighted by atomic mass is 16.5. The van der Waals surface area contributed by atoms with Gasteiger partial charge in [0.2, 0.25) is 5.91 Å². The number of rotatable bonds is 4. The second-order valence-electron chi connectivity index (χ2n) is 10.5. The van der Waals surface area contributed by atoms with Gasteiger partial charge in [-0.2, -0.15) is 0 Å². The van der Waals surface area contributed by atoms with Crippen molar-refractivity contribution in [2.75, 3.05) is 32.9 Å². The molecule has 0 aliphatic carbocycles. The van der Waals surface area contributed by atoms with Gasteiger partial charge in [0.1, 0.15) is 13.2 Å². The zero-order valence-corrected chi connectivity index (χ0v) is 20.0. The number of benzene rings is 1. The lowest BCUT2D eigenvalue weighted by molar-refractivity contribution is -0.152. The first-order valence-corrected chi connectivity index (χ1v) is 12.3. The fourth-order valence-electron chi connectivity index (χ4n) is 6.70. The topological polar surface area (TPSA) is 106 Å². The maximum atomic E-state index is 13.7. The molecule has 1 amide bonds. The number of cyclic esters (lactones) is 2. The molecule has 0 saturated carbocycles. The number of carbonyl (C=O) groups excluding carboxylic acids is 3. The molecule has 0 radical (unpaired) electrons. The van der Waals surface area contributed by atoms with Gasteiger partial charge < -0.3 is 24.2 Å². The van der Waals surface area contributed by atoms with Crippen LogP contribution < -0.4 is 0 Å². The number of piperidine rings is 1. The van der Waals surface area contributed by atoms with Crippen LogP contribution in [-0.4, -0.2) is 77.7 Å². The molecule has 1 aromatic carbocycles. The van der Waals surface area contributed by atoms with E-state index in [4.69, 9.17) is 14.2 Å². The van der Waals surface area contributed by atoms with Crippen molar-refractivity contribution in [2.45, 2.75) is 57.9 Å². The number of ether oxygens (including phenoxy) is 3. The Balaban J connectivity index is 1.21. The van der Waals surface area contributed by atoms with Crippen LogP contribution in [0.25, 0.3) is 0 Å². The van der Waals surface area contributed by atoms with Gasteiger partial charge in [-0.05, 0) is 50.3 Å². The van der Waals surface area contributed by atoms with Gasteiger partial charge in [-0.15, -0.1) is 0 Å². The number of morpholine rings is 1. The molecule has 9 heteroatoms. The monoisotopic (exact) mass is 482 g/mol. The standard InChI is InChI=1S/C26H30N2O7/c1-14-18(3-4-19-20(14)12-34-24(19)31)22(29)9-28-16-7-26(8-17(28)11-33-10-16)5-6-27(25(26)32)21-13-35-23(30)15(21)2/h3-4,16-17,22,29H,5-13H2,1-2H3/t16-,17+,22-,26-/m0/s1. The first-order chi connectivity index (χ1) is 16.8. The van der Waals surface area contributed by atoms with Crippen molar-refractivity contribution < 1.29 is 33.7 Å². The van der Waals surface area contributed by atoms with Gasteiger partial charge in [0, 0.05) is 30.7 Å². The Morgan fingerprint density at radius 2 is 1.77 bits per heavy atom. The molecule has 6 rings (SSSR count). The summed E-state index contributed by atoms with van der Waals surface area (Å²) >= 11 is 0. The summed E-state index contributed by atoms with van der Waals surface area (Å²) in [6.07, 6.45) is 1.35. The van der Waals surface area contributed by atoms with Gasteiger partial charge >= 0.3 is 11.9 Å². The van der Waals surface area contributed by atoms with Gasteiger partial charge in [-0.3, -0.25) is 9.69 Å². The molecule has 35 heavy (non-hydrogen) atoms. The van der Waals surface area contributed by atoms with Crippen LogP contribution >= 0.6 is 0 Å². The highest BCUT2D eigenvalue weighted by molar-refractivity contribution is 5.94. The minimum absolute atomic E-state index is 0.0252. The summed E-state index contributed by atoms with van der Waals surface area (Å²) in [5.74, 6) is -0.575. The second kappa shape index (κ2) is 8.15. The fourth-order valence-corrected chi connectivity index (χ4v) is 6.70. The first kappa shape index (κ1) is 22.7. The molecule has 0 aromatic heterocycles. The minimum atomic E-state index is -0.724. The number of aliphatic hydroxyl groups is 1. The Bertz CT molecular complexity index is 1140. The van der Waals surface area contributed by atoms with Gasteiger partial charge in [-0.1, -0.05) is 6.07 Å². The van der Waals surface area contributed by atoms with Crippen molar-refractivity contribution in [1.82, 2.24) is 9.80 Å². The quantitative estimate of drug-likeness (QED) is 0.646. The zero-order chi connectivity index (χ0) is 24.5. The largest absolute Gasteiger partial charge is 0.457 e. The smallest absolute Gasteiger partial charge is 0.338 e. The van der Waals surface area contributed by atoms with Crippen LogP contribution in [0.1, 0.15) is 59.3 Å². The van der Waals surface area contributed by atoms with Crippen LogP contribution in [0.2, 0.25) is 0 Å². The highest BCUT2D eigenvalue weighted by Gasteiger charge is 2.56. The molecular formula is C26H30N2O7. The molecule has 4 atom stereocenters. The minimum Gasteiger partial charge on any atom is -0.457 e. The van der Waals surface area contributed by atoms with E-state index in [1.54, 1.807) is 17.9 Å². The number of esters is 2. The molecule has 1 N–H and O–H groups in total. The maximum Gasteiger partial charge on any atom is 0.338 e. The second-order valence-corrected chi connectivity index (χ2v) is 10.5. The number of aliphatic hydroxyl groups excluding tert-OH is 1. The molecule has 1 aromatic rings. The Labute approximate surface area is 203 Å². The van der Waals surface area contributed by atoms with Crippen molar-refractivity contribution in [1.29, 1.82) is 0 Å². The Kier molecular flexibility index (Phi) is 5.28. The number of nitrogens with zero attached hydrogens (tertiary/aromatic N) is 2. The van der Waals surface area contributed by atoms with Crippen LogP contribution in [-0.2, 0) is 30.4 Å². The lowest BCUT2D eigenvalue weighted by Crippen LogP contribution is -2.61. The predicted octanol–water partition coefficient (Wildman–Crippen LogP) is 1.61. The van der Waals surface area contributed by atoms with Gasteiger partial charge in [-0.25, -0.2) is 9.59 Å². The molecule has 5 aliphatic heterocycles. The Hall–Kier alpha value is -2.75. The van der Waals surface area contributed by atoms with E-state index in [0.717, 1.165) is 23.1 Å². The van der Waals surface area contributed by atoms with Gasteiger partial charge in [0.25, 0.3) is 0 Å². The summed E-state index contributed by atoms with van der Waals surface area (Å²) in [6.45, 7) is 6.13. The van der Waals surface area contributed by atoms with E-state index in [1.165, 1.54) is 0 Å². The molecule has 9 nitrogen and oxygen atoms in total. The van der Waals surface area contributed by atoms with E-state index < -0.39 is 11.5 Å². The third-order valence-electron chi connectivity index (χ3n) is 8.68. The number of fused-ring (bicyclic) bond motifs is 3. The molecule has 0 unspecified atom stereocenters. The summed E-state index contributed by atoms with van der Waals surface area (Å²) in [7, 11) is 0. The maximum absolute atomic E-state index is 13.7. The van der Waals surface area contributed by atoms with Crippen molar-refractivity contribution in [3.8, 4) is 0 Å². The summed E-state index contributed by atoms with van der Waals surface area (Å²) in [5, 5.41) is 11.2. The lowest BCUT2D eigenvalue weighted by atomic mass is 9.70. The van der Waals surface area contributed by atoms with E-state index in [9.17, 15) is 19.5 Å². The van der Waals surface area contributed by atoms with E-state index in [-0.39, 0.29) is 43.1 Å². The molecule has 3 fully saturated rings. The van der Waals surface area contributed by atoms with E-state index >= 15 is 0 Å². The normalized spacial score (nSPS) is 31.3. The van der Waals surface area contributed by atoms with Crippen molar-refractivity contribution in [3.63, 3.8) is 0 Å². The molecule has 1 spiro atoms. The third kappa shape index (κ3) is 3.43. The zero-order valence-electron chi connectivity index (χ0n) is 20.0. The molecule has 186 valence electrons. The summed E-state index contributed by atoms with van der Waals surface area (Å²) in [4.78, 5) is 41.5. The summed E-state index contributed by atoms with van der Waals surface area (Å²) in [5.41, 5.74) is 3.88. The van der Waals surface area contributed by atoms with Crippen LogP contribution in [0, 0.1) is 12.3 Å². The van der Waals surface area contributed by atoms with Gasteiger partial charge in [0.15, 0.2) is 0 Å². The van der Waals surface area contributed by atoms with Crippen LogP contribution in [0.15, 0.2) is 23.4 Å². The van der Waals surface area contributed by atoms with Crippen molar-refractivity contribution in [3.05, 3.63) is 45.7 Å². The third-order valence-corrected chi connectivity index (χ3v) is 8.68. The summed E-state index contributed by atoms with van der Waals surface area (Å²) < 4.78 is 16.2. The Morgan fingerprint density at radius 3 is 2.46 bits per heavy atom. The average Bonchev–Trinajstić information content (AvgIpc) is 3.46.